The van der Waals surface area contributed by atoms with Crippen LogP contribution in [0.2, 0.25) is 0 Å². The Kier molecular flexibility index (Phi) is 7.63. The number of methoxy groups -OCH3 is 1. The second-order valence-electron chi connectivity index (χ2n) is 4.51. The van der Waals surface area contributed by atoms with Gasteiger partial charge in [-0.3, -0.25) is 10.1 Å². The molecule has 0 atom stereocenters. The third kappa shape index (κ3) is 6.41. The number of hydrogen-bond acceptors (Lipinski definition) is 4. The molecule has 0 heterocycles. The van der Waals surface area contributed by atoms with Gasteiger partial charge in [0.05, 0.1) is 17.2 Å². The first kappa shape index (κ1) is 17.9. The smallest absolute Gasteiger partial charge is 0.257 e. The topological polar surface area (TPSA) is 59.6 Å². The largest absolute Gasteiger partial charge is 0.490 e. The fraction of sp³-hybridized carbons (Fsp3) is 0.429. The summed E-state index contributed by atoms with van der Waals surface area (Å²) < 4.78 is 11.2. The lowest BCUT2D eigenvalue weighted by atomic mass is 10.2. The molecular weight excluding hydrogens is 356 g/mol. The minimum absolute atomic E-state index is 0.0681. The summed E-state index contributed by atoms with van der Waals surface area (Å²) in [4.78, 5) is 12.0. The zero-order chi connectivity index (χ0) is 15.8. The van der Waals surface area contributed by atoms with E-state index in [2.05, 4.69) is 26.6 Å². The molecular formula is C14H19BrN2O3S. The Hall–Kier alpha value is -1.18. The van der Waals surface area contributed by atoms with Crippen LogP contribution in [0.25, 0.3) is 0 Å². The van der Waals surface area contributed by atoms with Crippen LogP contribution >= 0.6 is 28.1 Å². The molecule has 21 heavy (non-hydrogen) atoms. The molecule has 0 aromatic heterocycles. The van der Waals surface area contributed by atoms with Gasteiger partial charge in [-0.2, -0.15) is 0 Å². The van der Waals surface area contributed by atoms with Crippen molar-refractivity contribution < 1.29 is 14.3 Å². The van der Waals surface area contributed by atoms with E-state index in [0.717, 1.165) is 4.47 Å². The van der Waals surface area contributed by atoms with Gasteiger partial charge in [0.15, 0.2) is 5.11 Å². The Morgan fingerprint density at radius 2 is 2.14 bits per heavy atom. The number of nitrogens with one attached hydrogen (secondary N) is 2. The number of carbonyl (C=O) groups is 1. The number of carbonyl (C=O) groups excluding carboxylic acids is 1. The molecule has 0 spiro atoms. The summed E-state index contributed by atoms with van der Waals surface area (Å²) in [6, 6.07) is 5.14. The van der Waals surface area contributed by atoms with Crippen LogP contribution in [-0.2, 0) is 4.74 Å². The molecule has 116 valence electrons. The lowest BCUT2D eigenvalue weighted by Crippen LogP contribution is -2.40. The van der Waals surface area contributed by atoms with Crippen molar-refractivity contribution in [2.24, 2.45) is 0 Å². The van der Waals surface area contributed by atoms with Crippen LogP contribution in [0.3, 0.4) is 0 Å². The molecule has 1 aromatic carbocycles. The standard InChI is InChI=1S/C14H19BrN2O3S/c1-9(2)20-12-5-4-10(8-11(12)15)13(18)17-14(21)16-6-7-19-3/h4-5,8-9H,6-7H2,1-3H3,(H2,16,17,18,21). The molecule has 5 nitrogen and oxygen atoms in total. The summed E-state index contributed by atoms with van der Waals surface area (Å²) in [6.07, 6.45) is 0.0681. The van der Waals surface area contributed by atoms with Gasteiger partial charge in [0.1, 0.15) is 5.75 Å². The monoisotopic (exact) mass is 374 g/mol. The Balaban J connectivity index is 2.62. The molecule has 0 unspecified atom stereocenters. The Bertz CT molecular complexity index is 509. The number of halogens is 1. The van der Waals surface area contributed by atoms with Gasteiger partial charge >= 0.3 is 0 Å². The highest BCUT2D eigenvalue weighted by Gasteiger charge is 2.11. The van der Waals surface area contributed by atoms with Crippen LogP contribution in [0.4, 0.5) is 0 Å². The zero-order valence-electron chi connectivity index (χ0n) is 12.2. The zero-order valence-corrected chi connectivity index (χ0v) is 14.6. The second kappa shape index (κ2) is 8.96. The minimum Gasteiger partial charge on any atom is -0.490 e. The van der Waals surface area contributed by atoms with Crippen LogP contribution in [0.5, 0.6) is 5.75 Å². The lowest BCUT2D eigenvalue weighted by Gasteiger charge is -2.13. The van der Waals surface area contributed by atoms with Crippen molar-refractivity contribution in [3.05, 3.63) is 28.2 Å². The number of ether oxygens (including phenoxy) is 2. The molecule has 1 amide bonds. The maximum Gasteiger partial charge on any atom is 0.257 e. The highest BCUT2D eigenvalue weighted by molar-refractivity contribution is 9.10. The van der Waals surface area contributed by atoms with Crippen molar-refractivity contribution >= 4 is 39.2 Å². The van der Waals surface area contributed by atoms with Gasteiger partial charge < -0.3 is 14.8 Å². The van der Waals surface area contributed by atoms with Crippen molar-refractivity contribution in [1.29, 1.82) is 0 Å². The number of amides is 1. The van der Waals surface area contributed by atoms with E-state index >= 15 is 0 Å². The highest BCUT2D eigenvalue weighted by atomic mass is 79.9. The molecule has 0 saturated heterocycles. The van der Waals surface area contributed by atoms with Crippen LogP contribution in [-0.4, -0.2) is 37.4 Å². The molecule has 1 rings (SSSR count). The number of benzene rings is 1. The predicted molar refractivity (Wildman–Crippen MR) is 89.8 cm³/mol. The molecule has 1 aromatic rings. The maximum atomic E-state index is 12.0. The van der Waals surface area contributed by atoms with E-state index < -0.39 is 0 Å². The minimum atomic E-state index is -0.276. The van der Waals surface area contributed by atoms with Gasteiger partial charge in [-0.1, -0.05) is 0 Å². The summed E-state index contributed by atoms with van der Waals surface area (Å²) in [5.74, 6) is 0.420. The molecule has 0 aliphatic heterocycles. The average molecular weight is 375 g/mol. The Morgan fingerprint density at radius 3 is 2.71 bits per heavy atom. The van der Waals surface area contributed by atoms with Crippen LogP contribution in [0, 0.1) is 0 Å². The molecule has 7 heteroatoms. The van der Waals surface area contributed by atoms with E-state index in [1.807, 2.05) is 13.8 Å². The van der Waals surface area contributed by atoms with Crippen molar-refractivity contribution in [3.63, 3.8) is 0 Å². The number of hydrogen-bond donors (Lipinski definition) is 2. The van der Waals surface area contributed by atoms with E-state index in [-0.39, 0.29) is 17.1 Å². The summed E-state index contributed by atoms with van der Waals surface area (Å²) in [5.41, 5.74) is 0.494. The summed E-state index contributed by atoms with van der Waals surface area (Å²) >= 11 is 8.42. The number of rotatable bonds is 6. The average Bonchev–Trinajstić information content (AvgIpc) is 2.40. The fourth-order valence-electron chi connectivity index (χ4n) is 1.48. The first-order valence-electron chi connectivity index (χ1n) is 6.48. The molecule has 0 aliphatic rings. The summed E-state index contributed by atoms with van der Waals surface area (Å²) in [7, 11) is 1.60. The molecule has 0 bridgehead atoms. The normalized spacial score (nSPS) is 10.3. The SMILES string of the molecule is COCCNC(=S)NC(=O)c1ccc(OC(C)C)c(Br)c1. The molecule has 0 radical (unpaired) electrons. The Morgan fingerprint density at radius 1 is 1.43 bits per heavy atom. The van der Waals surface area contributed by atoms with E-state index in [4.69, 9.17) is 21.7 Å². The van der Waals surface area contributed by atoms with Crippen LogP contribution in [0.1, 0.15) is 24.2 Å². The summed E-state index contributed by atoms with van der Waals surface area (Å²) in [6.45, 7) is 4.94. The van der Waals surface area contributed by atoms with Gasteiger partial charge in [-0.25, -0.2) is 0 Å². The fourth-order valence-corrected chi connectivity index (χ4v) is 2.14. The van der Waals surface area contributed by atoms with Crippen LogP contribution < -0.4 is 15.4 Å². The first-order chi connectivity index (χ1) is 9.93. The van der Waals surface area contributed by atoms with Gasteiger partial charge in [0.25, 0.3) is 5.91 Å². The van der Waals surface area contributed by atoms with Gasteiger partial charge in [0, 0.05) is 19.2 Å². The van der Waals surface area contributed by atoms with E-state index in [1.54, 1.807) is 25.3 Å². The lowest BCUT2D eigenvalue weighted by molar-refractivity contribution is 0.0976. The predicted octanol–water partition coefficient (Wildman–Crippen LogP) is 2.49. The van der Waals surface area contributed by atoms with E-state index in [1.165, 1.54) is 0 Å². The van der Waals surface area contributed by atoms with Gasteiger partial charge in [0.2, 0.25) is 0 Å². The van der Waals surface area contributed by atoms with Gasteiger partial charge in [-0.15, -0.1) is 0 Å². The van der Waals surface area contributed by atoms with Crippen molar-refractivity contribution in [2.45, 2.75) is 20.0 Å². The summed E-state index contributed by atoms with van der Waals surface area (Å²) in [5, 5.41) is 5.75. The van der Waals surface area contributed by atoms with Crippen molar-refractivity contribution in [3.8, 4) is 5.75 Å². The van der Waals surface area contributed by atoms with Crippen LogP contribution in [0.15, 0.2) is 22.7 Å². The molecule has 0 aliphatic carbocycles. The van der Waals surface area contributed by atoms with Gasteiger partial charge in [-0.05, 0) is 60.2 Å². The third-order valence-corrected chi connectivity index (χ3v) is 3.24. The second-order valence-corrected chi connectivity index (χ2v) is 5.78. The molecule has 2 N–H and O–H groups in total. The molecule has 0 saturated carbocycles. The molecule has 0 fully saturated rings. The quantitative estimate of drug-likeness (QED) is 0.591. The third-order valence-electron chi connectivity index (χ3n) is 2.38. The first-order valence-corrected chi connectivity index (χ1v) is 7.68. The number of thiocarbonyl (C=S) groups is 1. The maximum absolute atomic E-state index is 12.0. The Labute approximate surface area is 138 Å². The highest BCUT2D eigenvalue weighted by Crippen LogP contribution is 2.26. The van der Waals surface area contributed by atoms with E-state index in [9.17, 15) is 4.79 Å². The van der Waals surface area contributed by atoms with Crippen molar-refractivity contribution in [1.82, 2.24) is 10.6 Å². The van der Waals surface area contributed by atoms with Crippen molar-refractivity contribution in [2.75, 3.05) is 20.3 Å². The van der Waals surface area contributed by atoms with E-state index in [0.29, 0.717) is 24.5 Å².